The fourth-order valence-corrected chi connectivity index (χ4v) is 3.34. The van der Waals surface area contributed by atoms with Gasteiger partial charge in [0.25, 0.3) is 0 Å². The summed E-state index contributed by atoms with van der Waals surface area (Å²) in [5.41, 5.74) is 1.45. The normalized spacial score (nSPS) is 12.9. The third-order valence-corrected chi connectivity index (χ3v) is 4.80. The molecule has 1 aromatic heterocycles. The second-order valence-corrected chi connectivity index (χ2v) is 7.08. The summed E-state index contributed by atoms with van der Waals surface area (Å²) in [5.74, 6) is -2.06. The van der Waals surface area contributed by atoms with Gasteiger partial charge in [0, 0.05) is 22.5 Å². The Balaban J connectivity index is 1.94. The average Bonchev–Trinajstić information content (AvgIpc) is 3.02. The second kappa shape index (κ2) is 8.61. The number of nitrogens with one attached hydrogen (secondary N) is 2. The zero-order valence-corrected chi connectivity index (χ0v) is 16.0. The van der Waals surface area contributed by atoms with E-state index in [4.69, 9.17) is 16.7 Å². The van der Waals surface area contributed by atoms with Crippen molar-refractivity contribution < 1.29 is 31.9 Å². The first-order valence-corrected chi connectivity index (χ1v) is 9.20. The Morgan fingerprint density at radius 1 is 1.17 bits per heavy atom. The van der Waals surface area contributed by atoms with Crippen LogP contribution in [-0.2, 0) is 11.2 Å². The molecule has 0 unspecified atom stereocenters. The lowest BCUT2D eigenvalue weighted by Gasteiger charge is -2.19. The summed E-state index contributed by atoms with van der Waals surface area (Å²) in [5, 5.41) is 11.1. The lowest BCUT2D eigenvalue weighted by Crippen LogP contribution is -2.47. The Labute approximate surface area is 172 Å². The van der Waals surface area contributed by atoms with Crippen molar-refractivity contribution >= 4 is 28.4 Å². The van der Waals surface area contributed by atoms with Crippen molar-refractivity contribution in [3.05, 3.63) is 58.6 Å². The number of benzene rings is 2. The van der Waals surface area contributed by atoms with Gasteiger partial charge in [0.05, 0.1) is 12.1 Å². The first-order valence-electron chi connectivity index (χ1n) is 8.82. The minimum atomic E-state index is -4.79. The molecule has 3 aromatic rings. The van der Waals surface area contributed by atoms with Crippen LogP contribution in [0.15, 0.2) is 36.4 Å². The number of halogens is 6. The van der Waals surface area contributed by atoms with E-state index in [9.17, 15) is 26.7 Å². The molecule has 1 atom stereocenters. The Morgan fingerprint density at radius 2 is 1.83 bits per heavy atom. The molecule has 30 heavy (non-hydrogen) atoms. The molecule has 0 aliphatic heterocycles. The first-order chi connectivity index (χ1) is 14.1. The number of hydrogen-bond acceptors (Lipinski definition) is 2. The van der Waals surface area contributed by atoms with E-state index in [1.165, 1.54) is 30.3 Å². The summed E-state index contributed by atoms with van der Waals surface area (Å²) in [7, 11) is 0. The molecule has 0 radical (unpaired) electrons. The molecule has 0 saturated heterocycles. The maximum atomic E-state index is 14.4. The van der Waals surface area contributed by atoms with E-state index < -0.39 is 36.4 Å². The molecule has 3 N–H and O–H groups in total. The Morgan fingerprint density at radius 3 is 2.43 bits per heavy atom. The van der Waals surface area contributed by atoms with Gasteiger partial charge >= 0.3 is 6.18 Å². The van der Waals surface area contributed by atoms with Gasteiger partial charge in [-0.15, -0.1) is 0 Å². The van der Waals surface area contributed by atoms with Gasteiger partial charge in [-0.05, 0) is 53.9 Å². The number of carbonyl (C=O) groups excluding carboxylic acids is 1. The van der Waals surface area contributed by atoms with Crippen molar-refractivity contribution in [2.45, 2.75) is 25.1 Å². The molecule has 3 rings (SSSR count). The number of alkyl halides is 3. The molecule has 2 aromatic carbocycles. The van der Waals surface area contributed by atoms with Crippen LogP contribution in [-0.4, -0.2) is 34.8 Å². The average molecular weight is 447 g/mol. The molecular formula is C20H16ClF5N2O2. The highest BCUT2D eigenvalue weighted by molar-refractivity contribution is 6.31. The molecule has 0 spiro atoms. The lowest BCUT2D eigenvalue weighted by molar-refractivity contribution is -0.168. The molecule has 0 bridgehead atoms. The monoisotopic (exact) mass is 446 g/mol. The highest BCUT2D eigenvalue weighted by atomic mass is 35.5. The van der Waals surface area contributed by atoms with Gasteiger partial charge in [-0.3, -0.25) is 4.79 Å². The number of aryl methyl sites for hydroxylation is 1. The van der Waals surface area contributed by atoms with E-state index in [1.807, 2.05) is 0 Å². The predicted octanol–water partition coefficient (Wildman–Crippen LogP) is 4.74. The fourth-order valence-electron chi connectivity index (χ4n) is 3.13. The molecule has 0 saturated carbocycles. The number of hydrogen-bond donors (Lipinski definition) is 3. The van der Waals surface area contributed by atoms with Crippen molar-refractivity contribution in [1.82, 2.24) is 10.3 Å². The molecule has 4 nitrogen and oxygen atoms in total. The van der Waals surface area contributed by atoms with Crippen LogP contribution in [0, 0.1) is 11.6 Å². The van der Waals surface area contributed by atoms with Crippen molar-refractivity contribution in [2.24, 2.45) is 0 Å². The molecule has 1 heterocycles. The smallest absolute Gasteiger partial charge is 0.394 e. The van der Waals surface area contributed by atoms with E-state index in [0.717, 1.165) is 6.07 Å². The van der Waals surface area contributed by atoms with Crippen LogP contribution in [0.2, 0.25) is 5.02 Å². The number of aromatic amines is 1. The highest BCUT2D eigenvalue weighted by Gasteiger charge is 2.40. The predicted molar refractivity (Wildman–Crippen MR) is 102 cm³/mol. The fraction of sp³-hybridized carbons (Fsp3) is 0.250. The largest absolute Gasteiger partial charge is 0.410 e. The zero-order chi connectivity index (χ0) is 22.1. The SMILES string of the molecule is O=C(CCc1c(-c2ccc(F)cc2)[nH]c2c(F)cc(Cl)cc12)N[C@@H](CO)C(F)(F)F. The highest BCUT2D eigenvalue weighted by Crippen LogP contribution is 2.34. The molecule has 0 aliphatic rings. The first kappa shape index (κ1) is 22.0. The Kier molecular flexibility index (Phi) is 6.33. The van der Waals surface area contributed by atoms with E-state index >= 15 is 0 Å². The molecule has 10 heteroatoms. The lowest BCUT2D eigenvalue weighted by atomic mass is 10.0. The van der Waals surface area contributed by atoms with E-state index in [-0.39, 0.29) is 23.4 Å². The Bertz CT molecular complexity index is 1060. The van der Waals surface area contributed by atoms with Crippen LogP contribution in [0.25, 0.3) is 22.2 Å². The van der Waals surface area contributed by atoms with Crippen LogP contribution in [0.4, 0.5) is 22.0 Å². The molecule has 0 fully saturated rings. The van der Waals surface area contributed by atoms with Gasteiger partial charge in [0.15, 0.2) is 0 Å². The van der Waals surface area contributed by atoms with Crippen LogP contribution in [0.3, 0.4) is 0 Å². The van der Waals surface area contributed by atoms with Crippen molar-refractivity contribution in [2.75, 3.05) is 6.61 Å². The van der Waals surface area contributed by atoms with Crippen molar-refractivity contribution in [3.63, 3.8) is 0 Å². The van der Waals surface area contributed by atoms with Gasteiger partial charge < -0.3 is 15.4 Å². The standard InChI is InChI=1S/C20H16ClF5N2O2/c21-11-7-14-13(5-6-17(30)27-16(9-29)20(24,25)26)18(28-19(14)15(23)8-11)10-1-3-12(22)4-2-10/h1-4,7-8,16,28-29H,5-6,9H2,(H,27,30)/t16-/m0/s1. The van der Waals surface area contributed by atoms with Gasteiger partial charge in [-0.2, -0.15) is 13.2 Å². The maximum absolute atomic E-state index is 14.4. The summed E-state index contributed by atoms with van der Waals surface area (Å²) >= 11 is 5.94. The van der Waals surface area contributed by atoms with Gasteiger partial charge in [0.1, 0.15) is 17.7 Å². The van der Waals surface area contributed by atoms with Crippen LogP contribution < -0.4 is 5.32 Å². The summed E-state index contributed by atoms with van der Waals surface area (Å²) in [4.78, 5) is 14.9. The summed E-state index contributed by atoms with van der Waals surface area (Å²) in [6, 6.07) is 5.51. The van der Waals surface area contributed by atoms with Gasteiger partial charge in [0.2, 0.25) is 5.91 Å². The van der Waals surface area contributed by atoms with Crippen LogP contribution in [0.5, 0.6) is 0 Å². The zero-order valence-electron chi connectivity index (χ0n) is 15.3. The number of aliphatic hydroxyl groups excluding tert-OH is 1. The third kappa shape index (κ3) is 4.73. The number of amides is 1. The van der Waals surface area contributed by atoms with E-state index in [2.05, 4.69) is 4.98 Å². The van der Waals surface area contributed by atoms with Crippen LogP contribution in [0.1, 0.15) is 12.0 Å². The quantitative estimate of drug-likeness (QED) is 0.479. The maximum Gasteiger partial charge on any atom is 0.410 e. The number of H-pyrrole nitrogens is 1. The van der Waals surface area contributed by atoms with Gasteiger partial charge in [-0.25, -0.2) is 8.78 Å². The summed E-state index contributed by atoms with van der Waals surface area (Å²) in [6.45, 7) is -1.29. The van der Waals surface area contributed by atoms with E-state index in [1.54, 1.807) is 5.32 Å². The second-order valence-electron chi connectivity index (χ2n) is 6.64. The summed E-state index contributed by atoms with van der Waals surface area (Å²) in [6.07, 6.45) is -5.20. The van der Waals surface area contributed by atoms with Crippen molar-refractivity contribution in [3.8, 4) is 11.3 Å². The number of rotatable bonds is 6. The molecular weight excluding hydrogens is 431 g/mol. The molecule has 160 valence electrons. The number of carbonyl (C=O) groups is 1. The molecule has 0 aliphatic carbocycles. The topological polar surface area (TPSA) is 65.1 Å². The number of aromatic nitrogens is 1. The minimum Gasteiger partial charge on any atom is -0.394 e. The van der Waals surface area contributed by atoms with Crippen LogP contribution >= 0.6 is 11.6 Å². The number of fused-ring (bicyclic) bond motifs is 1. The molecule has 1 amide bonds. The van der Waals surface area contributed by atoms with Crippen molar-refractivity contribution in [1.29, 1.82) is 0 Å². The van der Waals surface area contributed by atoms with Gasteiger partial charge in [-0.1, -0.05) is 11.6 Å². The third-order valence-electron chi connectivity index (χ3n) is 4.58. The van der Waals surface area contributed by atoms with E-state index in [0.29, 0.717) is 22.2 Å². The summed E-state index contributed by atoms with van der Waals surface area (Å²) < 4.78 is 65.9. The minimum absolute atomic E-state index is 0.0473. The number of aliphatic hydroxyl groups is 1. The Hall–Kier alpha value is -2.65.